The van der Waals surface area contributed by atoms with Crippen LogP contribution in [0.5, 0.6) is 0 Å². The largest absolute Gasteiger partial charge is 0.399 e. The molecular formula is C16H17BrN2O. The van der Waals surface area contributed by atoms with E-state index in [1.165, 1.54) is 0 Å². The Labute approximate surface area is 127 Å². The Morgan fingerprint density at radius 1 is 1.25 bits per heavy atom. The number of carbonyl (C=O) groups excluding carboxylic acids is 1. The lowest BCUT2D eigenvalue weighted by molar-refractivity contribution is 0.0939. The van der Waals surface area contributed by atoms with E-state index >= 15 is 0 Å². The van der Waals surface area contributed by atoms with Crippen LogP contribution in [0.15, 0.2) is 46.9 Å². The molecule has 1 amide bonds. The highest BCUT2D eigenvalue weighted by Crippen LogP contribution is 2.19. The topological polar surface area (TPSA) is 55.1 Å². The number of nitrogens with one attached hydrogen (secondary N) is 1. The van der Waals surface area contributed by atoms with E-state index in [4.69, 9.17) is 5.73 Å². The summed E-state index contributed by atoms with van der Waals surface area (Å²) in [5.74, 6) is -0.109. The summed E-state index contributed by atoms with van der Waals surface area (Å²) in [5, 5.41) is 2.99. The number of anilines is 1. The second kappa shape index (κ2) is 6.09. The predicted octanol–water partition coefficient (Wildman–Crippen LogP) is 3.83. The van der Waals surface area contributed by atoms with Crippen molar-refractivity contribution in [3.63, 3.8) is 0 Å². The average molecular weight is 333 g/mol. The first-order chi connectivity index (χ1) is 9.47. The maximum atomic E-state index is 12.3. The lowest BCUT2D eigenvalue weighted by Gasteiger charge is -2.16. The molecule has 3 N–H and O–H groups in total. The summed E-state index contributed by atoms with van der Waals surface area (Å²) in [4.78, 5) is 12.3. The zero-order chi connectivity index (χ0) is 14.7. The molecule has 0 radical (unpaired) electrons. The minimum atomic E-state index is -0.109. The van der Waals surface area contributed by atoms with Crippen LogP contribution < -0.4 is 11.1 Å². The fraction of sp³-hybridized carbons (Fsp3) is 0.188. The third-order valence-electron chi connectivity index (χ3n) is 3.20. The molecular weight excluding hydrogens is 316 g/mol. The van der Waals surface area contributed by atoms with Gasteiger partial charge in [-0.05, 0) is 49.2 Å². The van der Waals surface area contributed by atoms with Crippen molar-refractivity contribution in [2.75, 3.05) is 5.73 Å². The van der Waals surface area contributed by atoms with Crippen LogP contribution in [0, 0.1) is 6.92 Å². The fourth-order valence-corrected chi connectivity index (χ4v) is 2.43. The summed E-state index contributed by atoms with van der Waals surface area (Å²) in [6.45, 7) is 3.86. The monoisotopic (exact) mass is 332 g/mol. The Balaban J connectivity index is 2.17. The quantitative estimate of drug-likeness (QED) is 0.839. The third kappa shape index (κ3) is 3.39. The number of halogens is 1. The van der Waals surface area contributed by atoms with Gasteiger partial charge in [-0.3, -0.25) is 4.79 Å². The zero-order valence-corrected chi connectivity index (χ0v) is 13.1. The number of nitrogens with two attached hydrogens (primary N) is 1. The number of hydrogen-bond acceptors (Lipinski definition) is 2. The minimum Gasteiger partial charge on any atom is -0.399 e. The fourth-order valence-electron chi connectivity index (χ4n) is 2.02. The zero-order valence-electron chi connectivity index (χ0n) is 11.5. The molecule has 0 bridgehead atoms. The van der Waals surface area contributed by atoms with Gasteiger partial charge in [0, 0.05) is 15.7 Å². The molecule has 0 spiro atoms. The first-order valence-corrected chi connectivity index (χ1v) is 7.19. The normalized spacial score (nSPS) is 11.9. The van der Waals surface area contributed by atoms with Gasteiger partial charge in [0.25, 0.3) is 5.91 Å². The standard InChI is InChI=1S/C16H17BrN2O/c1-10-6-7-14(18)9-15(10)16(20)19-11(2)12-4-3-5-13(17)8-12/h3-9,11H,18H2,1-2H3,(H,19,20)/t11-/m1/s1. The number of aryl methyl sites for hydroxylation is 1. The molecule has 0 fully saturated rings. The van der Waals surface area contributed by atoms with Crippen molar-refractivity contribution in [2.24, 2.45) is 0 Å². The summed E-state index contributed by atoms with van der Waals surface area (Å²) in [7, 11) is 0. The summed E-state index contributed by atoms with van der Waals surface area (Å²) >= 11 is 3.43. The Morgan fingerprint density at radius 2 is 2.00 bits per heavy atom. The van der Waals surface area contributed by atoms with Crippen LogP contribution >= 0.6 is 15.9 Å². The maximum Gasteiger partial charge on any atom is 0.252 e. The molecule has 0 aromatic heterocycles. The van der Waals surface area contributed by atoms with E-state index in [9.17, 15) is 4.79 Å². The Hall–Kier alpha value is -1.81. The Kier molecular flexibility index (Phi) is 4.45. The van der Waals surface area contributed by atoms with E-state index in [0.717, 1.165) is 15.6 Å². The second-order valence-electron chi connectivity index (χ2n) is 4.82. The molecule has 0 heterocycles. The SMILES string of the molecule is Cc1ccc(N)cc1C(=O)N[C@H](C)c1cccc(Br)c1. The summed E-state index contributed by atoms with van der Waals surface area (Å²) in [6, 6.07) is 13.2. The van der Waals surface area contributed by atoms with Gasteiger partial charge in [-0.15, -0.1) is 0 Å². The van der Waals surface area contributed by atoms with Crippen molar-refractivity contribution < 1.29 is 4.79 Å². The molecule has 4 heteroatoms. The highest BCUT2D eigenvalue weighted by molar-refractivity contribution is 9.10. The first kappa shape index (κ1) is 14.6. The van der Waals surface area contributed by atoms with E-state index in [1.54, 1.807) is 12.1 Å². The van der Waals surface area contributed by atoms with Crippen LogP contribution in [0.4, 0.5) is 5.69 Å². The van der Waals surface area contributed by atoms with Gasteiger partial charge in [-0.25, -0.2) is 0 Å². The molecule has 0 aliphatic rings. The number of carbonyl (C=O) groups is 1. The third-order valence-corrected chi connectivity index (χ3v) is 3.70. The number of benzene rings is 2. The van der Waals surface area contributed by atoms with E-state index in [-0.39, 0.29) is 11.9 Å². The van der Waals surface area contributed by atoms with Crippen LogP contribution in [0.25, 0.3) is 0 Å². The van der Waals surface area contributed by atoms with Crippen molar-refractivity contribution in [1.29, 1.82) is 0 Å². The molecule has 0 saturated heterocycles. The minimum absolute atomic E-state index is 0.0687. The molecule has 0 saturated carbocycles. The highest BCUT2D eigenvalue weighted by Gasteiger charge is 2.13. The van der Waals surface area contributed by atoms with E-state index in [1.807, 2.05) is 44.2 Å². The molecule has 2 aromatic carbocycles. The molecule has 2 rings (SSSR count). The number of nitrogen functional groups attached to an aromatic ring is 1. The van der Waals surface area contributed by atoms with Crippen molar-refractivity contribution in [1.82, 2.24) is 5.32 Å². The van der Waals surface area contributed by atoms with Crippen LogP contribution in [-0.2, 0) is 0 Å². The van der Waals surface area contributed by atoms with E-state index < -0.39 is 0 Å². The van der Waals surface area contributed by atoms with E-state index in [2.05, 4.69) is 21.2 Å². The summed E-state index contributed by atoms with van der Waals surface area (Å²) in [6.07, 6.45) is 0. The van der Waals surface area contributed by atoms with Gasteiger partial charge in [0.2, 0.25) is 0 Å². The lowest BCUT2D eigenvalue weighted by atomic mass is 10.1. The van der Waals surface area contributed by atoms with Gasteiger partial charge in [-0.1, -0.05) is 34.1 Å². The smallest absolute Gasteiger partial charge is 0.252 e. The van der Waals surface area contributed by atoms with Gasteiger partial charge in [-0.2, -0.15) is 0 Å². The molecule has 2 aromatic rings. The number of amides is 1. The van der Waals surface area contributed by atoms with Gasteiger partial charge in [0.05, 0.1) is 6.04 Å². The number of hydrogen-bond donors (Lipinski definition) is 2. The van der Waals surface area contributed by atoms with Crippen molar-refractivity contribution in [3.05, 3.63) is 63.6 Å². The van der Waals surface area contributed by atoms with Crippen molar-refractivity contribution in [3.8, 4) is 0 Å². The molecule has 3 nitrogen and oxygen atoms in total. The molecule has 20 heavy (non-hydrogen) atoms. The van der Waals surface area contributed by atoms with Crippen LogP contribution in [0.3, 0.4) is 0 Å². The van der Waals surface area contributed by atoms with Gasteiger partial charge >= 0.3 is 0 Å². The van der Waals surface area contributed by atoms with Crippen LogP contribution in [-0.4, -0.2) is 5.91 Å². The van der Waals surface area contributed by atoms with Crippen LogP contribution in [0.2, 0.25) is 0 Å². The van der Waals surface area contributed by atoms with Gasteiger partial charge in [0.15, 0.2) is 0 Å². The Bertz CT molecular complexity index is 640. The van der Waals surface area contributed by atoms with Gasteiger partial charge in [0.1, 0.15) is 0 Å². The highest BCUT2D eigenvalue weighted by atomic mass is 79.9. The van der Waals surface area contributed by atoms with Gasteiger partial charge < -0.3 is 11.1 Å². The molecule has 0 aliphatic heterocycles. The molecule has 1 atom stereocenters. The molecule has 0 unspecified atom stereocenters. The number of rotatable bonds is 3. The predicted molar refractivity (Wildman–Crippen MR) is 85.6 cm³/mol. The summed E-state index contributed by atoms with van der Waals surface area (Å²) in [5.41, 5.74) is 8.92. The first-order valence-electron chi connectivity index (χ1n) is 6.40. The second-order valence-corrected chi connectivity index (χ2v) is 5.74. The van der Waals surface area contributed by atoms with Crippen molar-refractivity contribution >= 4 is 27.5 Å². The summed E-state index contributed by atoms with van der Waals surface area (Å²) < 4.78 is 0.997. The molecule has 104 valence electrons. The van der Waals surface area contributed by atoms with Crippen molar-refractivity contribution in [2.45, 2.75) is 19.9 Å². The lowest BCUT2D eigenvalue weighted by Crippen LogP contribution is -2.27. The van der Waals surface area contributed by atoms with Crippen LogP contribution in [0.1, 0.15) is 34.5 Å². The maximum absolute atomic E-state index is 12.3. The average Bonchev–Trinajstić information content (AvgIpc) is 2.41. The Morgan fingerprint density at radius 3 is 2.70 bits per heavy atom. The molecule has 0 aliphatic carbocycles. The van der Waals surface area contributed by atoms with E-state index in [0.29, 0.717) is 11.3 Å².